The molecule has 0 aliphatic rings. The van der Waals surface area contributed by atoms with Crippen LogP contribution in [0.3, 0.4) is 0 Å². The molecular formula is C38H74O2S2. The average Bonchev–Trinajstić information content (AvgIpc) is 2.95. The topological polar surface area (TPSA) is 40.5 Å². The highest BCUT2D eigenvalue weighted by molar-refractivity contribution is 7.80. The second kappa shape index (κ2) is 30.8. The number of unbranched alkanes of at least 4 members (excludes halogenated alkanes) is 15. The zero-order valence-corrected chi connectivity index (χ0v) is 30.5. The highest BCUT2D eigenvalue weighted by atomic mass is 32.1. The third-order valence-electron chi connectivity index (χ3n) is 9.82. The molecule has 0 aliphatic carbocycles. The molecule has 2 N–H and O–H groups in total. The van der Waals surface area contributed by atoms with Gasteiger partial charge in [-0.05, 0) is 73.8 Å². The van der Waals surface area contributed by atoms with Crippen molar-refractivity contribution in [2.75, 3.05) is 0 Å². The van der Waals surface area contributed by atoms with E-state index in [-0.39, 0.29) is 10.1 Å². The molecule has 42 heavy (non-hydrogen) atoms. The van der Waals surface area contributed by atoms with E-state index in [2.05, 4.69) is 27.7 Å². The highest BCUT2D eigenvalue weighted by Crippen LogP contribution is 2.30. The lowest BCUT2D eigenvalue weighted by atomic mass is 9.84. The summed E-state index contributed by atoms with van der Waals surface area (Å²) in [5.41, 5.74) is 0. The van der Waals surface area contributed by atoms with Crippen LogP contribution < -0.4 is 0 Å². The van der Waals surface area contributed by atoms with Gasteiger partial charge in [-0.2, -0.15) is 0 Å². The minimum Gasteiger partial charge on any atom is -0.502 e. The number of hydrogen-bond acceptors (Lipinski definition) is 2. The molecule has 0 aromatic carbocycles. The molecule has 0 spiro atoms. The summed E-state index contributed by atoms with van der Waals surface area (Å²) < 4.78 is 0. The number of hydrogen-bond donors (Lipinski definition) is 2. The Morgan fingerprint density at radius 1 is 0.405 bits per heavy atom. The molecule has 0 bridgehead atoms. The van der Waals surface area contributed by atoms with Crippen molar-refractivity contribution in [2.45, 2.75) is 207 Å². The van der Waals surface area contributed by atoms with Crippen molar-refractivity contribution < 1.29 is 10.2 Å². The minimum atomic E-state index is 0.212. The van der Waals surface area contributed by atoms with Crippen molar-refractivity contribution in [1.29, 1.82) is 0 Å². The Morgan fingerprint density at radius 3 is 0.929 bits per heavy atom. The minimum absolute atomic E-state index is 0.212. The van der Waals surface area contributed by atoms with Gasteiger partial charge in [-0.1, -0.05) is 169 Å². The zero-order valence-electron chi connectivity index (χ0n) is 28.8. The summed E-state index contributed by atoms with van der Waals surface area (Å²) in [6.45, 7) is 9.25. The van der Waals surface area contributed by atoms with Crippen LogP contribution in [0.1, 0.15) is 207 Å². The Labute approximate surface area is 275 Å². The average molecular weight is 627 g/mol. The smallest absolute Gasteiger partial charge is 0.156 e. The van der Waals surface area contributed by atoms with Gasteiger partial charge in [0.05, 0.1) is 0 Å². The van der Waals surface area contributed by atoms with Gasteiger partial charge in [-0.3, -0.25) is 0 Å². The van der Waals surface area contributed by atoms with Crippen LogP contribution in [0.15, 0.2) is 0 Å². The summed E-state index contributed by atoms with van der Waals surface area (Å²) in [4.78, 5) is 0. The third-order valence-corrected chi connectivity index (χ3v) is 10.2. The first-order valence-corrected chi connectivity index (χ1v) is 19.6. The maximum absolute atomic E-state index is 9.86. The predicted octanol–water partition coefficient (Wildman–Crippen LogP) is 14.2. The Balaban J connectivity index is 4.26. The molecule has 4 unspecified atom stereocenters. The molecule has 0 aromatic rings. The van der Waals surface area contributed by atoms with Gasteiger partial charge < -0.3 is 10.2 Å². The highest BCUT2D eigenvalue weighted by Gasteiger charge is 2.18. The van der Waals surface area contributed by atoms with E-state index >= 15 is 0 Å². The van der Waals surface area contributed by atoms with Crippen molar-refractivity contribution in [2.24, 2.45) is 23.7 Å². The van der Waals surface area contributed by atoms with Gasteiger partial charge in [0.1, 0.15) is 0 Å². The van der Waals surface area contributed by atoms with Crippen LogP contribution in [0.4, 0.5) is 0 Å². The van der Waals surface area contributed by atoms with Crippen LogP contribution in [0, 0.1) is 23.7 Å². The summed E-state index contributed by atoms with van der Waals surface area (Å²) >= 11 is 10.2. The maximum atomic E-state index is 9.86. The zero-order chi connectivity index (χ0) is 31.3. The Hall–Kier alpha value is -0.220. The van der Waals surface area contributed by atoms with Crippen molar-refractivity contribution in [1.82, 2.24) is 0 Å². The molecule has 0 aliphatic heterocycles. The molecule has 4 atom stereocenters. The standard InChI is InChI=1S/C38H74O2S2/c1-5-9-11-13-17-21-25-33(7-3)29-35(31-37(39)41)27-23-19-15-16-20-24-28-36(32-38(40)42)30-34(8-4)26-22-18-14-12-10-6-2/h33-36H,5-32H2,1-4H3,(H,39,41)(H,40,42). The molecule has 250 valence electrons. The molecule has 0 radical (unpaired) electrons. The summed E-state index contributed by atoms with van der Waals surface area (Å²) in [7, 11) is 0. The summed E-state index contributed by atoms with van der Waals surface area (Å²) in [6, 6.07) is 0. The van der Waals surface area contributed by atoms with Crippen LogP contribution >= 0.6 is 24.4 Å². The van der Waals surface area contributed by atoms with Crippen LogP contribution in [-0.4, -0.2) is 20.3 Å². The van der Waals surface area contributed by atoms with E-state index in [1.54, 1.807) is 0 Å². The molecule has 2 nitrogen and oxygen atoms in total. The fourth-order valence-corrected chi connectivity index (χ4v) is 7.49. The summed E-state index contributed by atoms with van der Waals surface area (Å²) in [6.07, 6.45) is 35.7. The summed E-state index contributed by atoms with van der Waals surface area (Å²) in [5.74, 6) is 2.68. The van der Waals surface area contributed by atoms with Crippen molar-refractivity contribution >= 4 is 34.5 Å². The van der Waals surface area contributed by atoms with E-state index in [1.807, 2.05) is 0 Å². The fourth-order valence-electron chi connectivity index (χ4n) is 7.02. The number of thiocarbonyl (C=S) groups is 2. The largest absolute Gasteiger partial charge is 0.502 e. The van der Waals surface area contributed by atoms with E-state index in [0.717, 1.165) is 11.8 Å². The molecule has 0 fully saturated rings. The lowest BCUT2D eigenvalue weighted by Gasteiger charge is -2.23. The SMILES string of the molecule is CCCCCCCCC(CC)CC(CCCCCCCCC(CC(O)=S)CC(CC)CCCCCCCC)CC(O)=S. The molecule has 0 heterocycles. The molecule has 4 heteroatoms. The summed E-state index contributed by atoms with van der Waals surface area (Å²) in [5, 5.41) is 20.2. The van der Waals surface area contributed by atoms with Gasteiger partial charge >= 0.3 is 0 Å². The van der Waals surface area contributed by atoms with Crippen molar-refractivity contribution in [3.8, 4) is 0 Å². The first-order valence-electron chi connectivity index (χ1n) is 18.8. The third kappa shape index (κ3) is 27.3. The Bertz CT molecular complexity index is 556. The maximum Gasteiger partial charge on any atom is 0.156 e. The monoisotopic (exact) mass is 627 g/mol. The van der Waals surface area contributed by atoms with Crippen LogP contribution in [0.25, 0.3) is 0 Å². The fraction of sp³-hybridized carbons (Fsp3) is 0.947. The van der Waals surface area contributed by atoms with E-state index in [1.165, 1.54) is 167 Å². The lowest BCUT2D eigenvalue weighted by Crippen LogP contribution is -2.13. The molecule has 0 saturated carbocycles. The van der Waals surface area contributed by atoms with E-state index in [0.29, 0.717) is 24.7 Å². The number of rotatable bonds is 33. The quantitative estimate of drug-likeness (QED) is 0.0561. The van der Waals surface area contributed by atoms with Crippen LogP contribution in [-0.2, 0) is 0 Å². The van der Waals surface area contributed by atoms with Crippen LogP contribution in [0.5, 0.6) is 0 Å². The predicted molar refractivity (Wildman–Crippen MR) is 196 cm³/mol. The van der Waals surface area contributed by atoms with E-state index in [4.69, 9.17) is 24.4 Å². The van der Waals surface area contributed by atoms with E-state index < -0.39 is 0 Å². The van der Waals surface area contributed by atoms with Gasteiger partial charge in [0.2, 0.25) is 0 Å². The Morgan fingerprint density at radius 2 is 0.667 bits per heavy atom. The number of aliphatic hydroxyl groups excluding tert-OH is 2. The second-order valence-corrected chi connectivity index (χ2v) is 14.7. The second-order valence-electron chi connectivity index (χ2n) is 13.8. The van der Waals surface area contributed by atoms with Gasteiger partial charge in [-0.15, -0.1) is 0 Å². The van der Waals surface area contributed by atoms with Gasteiger partial charge in [0.25, 0.3) is 0 Å². The molecule has 0 aromatic heterocycles. The first kappa shape index (κ1) is 41.8. The normalized spacial score (nSPS) is 14.5. The van der Waals surface area contributed by atoms with Gasteiger partial charge in [-0.25, -0.2) is 0 Å². The van der Waals surface area contributed by atoms with Crippen molar-refractivity contribution in [3.05, 3.63) is 0 Å². The molecule has 0 rings (SSSR count). The first-order chi connectivity index (χ1) is 20.4. The molecule has 0 saturated heterocycles. The van der Waals surface area contributed by atoms with Crippen LogP contribution in [0.2, 0.25) is 0 Å². The van der Waals surface area contributed by atoms with Gasteiger partial charge in [0.15, 0.2) is 10.1 Å². The van der Waals surface area contributed by atoms with Gasteiger partial charge in [0, 0.05) is 12.8 Å². The molecule has 0 amide bonds. The number of aliphatic hydroxyl groups is 2. The van der Waals surface area contributed by atoms with Crippen molar-refractivity contribution in [3.63, 3.8) is 0 Å². The lowest BCUT2D eigenvalue weighted by molar-refractivity contribution is 0.309. The molecular weight excluding hydrogens is 553 g/mol. The van der Waals surface area contributed by atoms with E-state index in [9.17, 15) is 10.2 Å². The Kier molecular flexibility index (Phi) is 30.6.